The first-order valence-corrected chi connectivity index (χ1v) is 9.02. The number of aryl methyl sites for hydroxylation is 1. The molecule has 3 rings (SSSR count). The molecular weight excluding hydrogens is 320 g/mol. The van der Waals surface area contributed by atoms with Gasteiger partial charge in [-0.05, 0) is 31.0 Å². The van der Waals surface area contributed by atoms with Gasteiger partial charge in [-0.25, -0.2) is 4.98 Å². The lowest BCUT2D eigenvalue weighted by Gasteiger charge is -2.21. The summed E-state index contributed by atoms with van der Waals surface area (Å²) in [6, 6.07) is 8.42. The van der Waals surface area contributed by atoms with Gasteiger partial charge in [0.2, 0.25) is 0 Å². The molecule has 0 spiro atoms. The van der Waals surface area contributed by atoms with E-state index in [0.717, 1.165) is 42.8 Å². The van der Waals surface area contributed by atoms with Crippen LogP contribution in [0.4, 0.5) is 0 Å². The van der Waals surface area contributed by atoms with Crippen LogP contribution in [0, 0.1) is 6.92 Å². The van der Waals surface area contributed by atoms with Crippen molar-refractivity contribution in [2.45, 2.75) is 25.8 Å². The van der Waals surface area contributed by atoms with Gasteiger partial charge >= 0.3 is 0 Å². The lowest BCUT2D eigenvalue weighted by Crippen LogP contribution is -2.39. The quantitative estimate of drug-likeness (QED) is 0.684. The number of aliphatic imine (C=N–C) groups is 1. The molecule has 1 aromatic heterocycles. The van der Waals surface area contributed by atoms with E-state index >= 15 is 0 Å². The molecule has 2 aromatic rings. The van der Waals surface area contributed by atoms with Gasteiger partial charge in [-0.2, -0.15) is 0 Å². The molecule has 1 N–H and O–H groups in total. The SMILES string of the molecule is CN=C(NCc1cnc(C)s1)N1CCC(c2ccc(OC)cc2)C1. The van der Waals surface area contributed by atoms with Gasteiger partial charge in [0.05, 0.1) is 18.7 Å². The minimum Gasteiger partial charge on any atom is -0.497 e. The molecule has 1 aliphatic rings. The summed E-state index contributed by atoms with van der Waals surface area (Å²) in [7, 11) is 3.55. The van der Waals surface area contributed by atoms with Gasteiger partial charge in [0, 0.05) is 37.1 Å². The van der Waals surface area contributed by atoms with E-state index in [4.69, 9.17) is 4.74 Å². The zero-order valence-electron chi connectivity index (χ0n) is 14.5. The van der Waals surface area contributed by atoms with E-state index in [2.05, 4.69) is 32.3 Å². The third-order valence-electron chi connectivity index (χ3n) is 4.38. The third-order valence-corrected chi connectivity index (χ3v) is 5.29. The minimum absolute atomic E-state index is 0.542. The molecule has 24 heavy (non-hydrogen) atoms. The predicted octanol–water partition coefficient (Wildman–Crippen LogP) is 3.03. The Balaban J connectivity index is 1.58. The summed E-state index contributed by atoms with van der Waals surface area (Å²) in [5.41, 5.74) is 1.37. The second-order valence-corrected chi connectivity index (χ2v) is 7.27. The van der Waals surface area contributed by atoms with Crippen LogP contribution in [0.2, 0.25) is 0 Å². The number of aromatic nitrogens is 1. The largest absolute Gasteiger partial charge is 0.497 e. The maximum Gasteiger partial charge on any atom is 0.193 e. The first-order chi connectivity index (χ1) is 11.7. The Hall–Kier alpha value is -2.08. The summed E-state index contributed by atoms with van der Waals surface area (Å²) in [5.74, 6) is 2.42. The van der Waals surface area contributed by atoms with E-state index in [-0.39, 0.29) is 0 Å². The Morgan fingerprint density at radius 3 is 2.83 bits per heavy atom. The zero-order chi connectivity index (χ0) is 16.9. The molecule has 1 saturated heterocycles. The van der Waals surface area contributed by atoms with Crippen molar-refractivity contribution in [1.29, 1.82) is 0 Å². The Morgan fingerprint density at radius 1 is 1.42 bits per heavy atom. The second kappa shape index (κ2) is 7.66. The fraction of sp³-hybridized carbons (Fsp3) is 0.444. The number of methoxy groups -OCH3 is 1. The molecule has 2 heterocycles. The van der Waals surface area contributed by atoms with Crippen LogP contribution in [0.1, 0.15) is 27.8 Å². The van der Waals surface area contributed by atoms with Crippen LogP contribution in [0.5, 0.6) is 5.75 Å². The summed E-state index contributed by atoms with van der Waals surface area (Å²) in [5, 5.41) is 4.56. The van der Waals surface area contributed by atoms with Gasteiger partial charge in [-0.1, -0.05) is 12.1 Å². The molecule has 5 nitrogen and oxygen atoms in total. The average Bonchev–Trinajstić information content (AvgIpc) is 3.25. The van der Waals surface area contributed by atoms with E-state index < -0.39 is 0 Å². The Bertz CT molecular complexity index is 695. The van der Waals surface area contributed by atoms with E-state index in [9.17, 15) is 0 Å². The van der Waals surface area contributed by atoms with Gasteiger partial charge in [0.1, 0.15) is 5.75 Å². The molecular formula is C18H24N4OS. The van der Waals surface area contributed by atoms with Crippen molar-refractivity contribution in [3.05, 3.63) is 45.9 Å². The van der Waals surface area contributed by atoms with Crippen molar-refractivity contribution in [3.63, 3.8) is 0 Å². The zero-order valence-corrected chi connectivity index (χ0v) is 15.3. The van der Waals surface area contributed by atoms with Crippen LogP contribution in [0.25, 0.3) is 0 Å². The fourth-order valence-electron chi connectivity index (χ4n) is 3.09. The molecule has 1 fully saturated rings. The average molecular weight is 344 g/mol. The highest BCUT2D eigenvalue weighted by Gasteiger charge is 2.26. The van der Waals surface area contributed by atoms with Crippen LogP contribution in [0.15, 0.2) is 35.5 Å². The second-order valence-electron chi connectivity index (χ2n) is 5.95. The molecule has 0 aliphatic carbocycles. The lowest BCUT2D eigenvalue weighted by atomic mass is 9.98. The molecule has 0 saturated carbocycles. The summed E-state index contributed by atoms with van der Waals surface area (Å²) < 4.78 is 5.24. The van der Waals surface area contributed by atoms with E-state index in [0.29, 0.717) is 5.92 Å². The number of rotatable bonds is 4. The highest BCUT2D eigenvalue weighted by molar-refractivity contribution is 7.11. The number of benzene rings is 1. The minimum atomic E-state index is 0.542. The molecule has 1 aliphatic heterocycles. The monoisotopic (exact) mass is 344 g/mol. The Morgan fingerprint density at radius 2 is 2.21 bits per heavy atom. The predicted molar refractivity (Wildman–Crippen MR) is 99.0 cm³/mol. The maximum absolute atomic E-state index is 5.24. The number of hydrogen-bond donors (Lipinski definition) is 1. The summed E-state index contributed by atoms with van der Waals surface area (Å²) in [6.07, 6.45) is 3.08. The number of nitrogens with zero attached hydrogens (tertiary/aromatic N) is 3. The number of ether oxygens (including phenoxy) is 1. The van der Waals surface area contributed by atoms with Gasteiger partial charge in [-0.3, -0.25) is 4.99 Å². The van der Waals surface area contributed by atoms with Gasteiger partial charge < -0.3 is 15.0 Å². The summed E-state index contributed by atoms with van der Waals surface area (Å²) in [4.78, 5) is 12.3. The third kappa shape index (κ3) is 3.87. The Kier molecular flexibility index (Phi) is 5.35. The van der Waals surface area contributed by atoms with E-state index in [1.807, 2.05) is 32.3 Å². The Labute approximate surface area is 147 Å². The number of nitrogens with one attached hydrogen (secondary N) is 1. The normalized spacial score (nSPS) is 18.0. The summed E-state index contributed by atoms with van der Waals surface area (Å²) >= 11 is 1.72. The molecule has 0 radical (unpaired) electrons. The van der Waals surface area contributed by atoms with E-state index in [1.54, 1.807) is 18.4 Å². The maximum atomic E-state index is 5.24. The van der Waals surface area contributed by atoms with Crippen molar-refractivity contribution in [2.75, 3.05) is 27.2 Å². The molecule has 0 amide bonds. The van der Waals surface area contributed by atoms with Crippen molar-refractivity contribution >= 4 is 17.3 Å². The molecule has 0 bridgehead atoms. The van der Waals surface area contributed by atoms with Crippen molar-refractivity contribution < 1.29 is 4.74 Å². The topological polar surface area (TPSA) is 49.8 Å². The number of thiazole rings is 1. The molecule has 1 atom stereocenters. The van der Waals surface area contributed by atoms with Gasteiger partial charge in [-0.15, -0.1) is 11.3 Å². The first kappa shape index (κ1) is 16.8. The fourth-order valence-corrected chi connectivity index (χ4v) is 3.82. The van der Waals surface area contributed by atoms with Crippen molar-refractivity contribution in [2.24, 2.45) is 4.99 Å². The highest BCUT2D eigenvalue weighted by atomic mass is 32.1. The summed E-state index contributed by atoms with van der Waals surface area (Å²) in [6.45, 7) is 4.83. The van der Waals surface area contributed by atoms with Gasteiger partial charge in [0.25, 0.3) is 0 Å². The number of hydrogen-bond acceptors (Lipinski definition) is 4. The molecule has 1 aromatic carbocycles. The van der Waals surface area contributed by atoms with Crippen LogP contribution in [0.3, 0.4) is 0 Å². The van der Waals surface area contributed by atoms with Crippen LogP contribution in [-0.2, 0) is 6.54 Å². The van der Waals surface area contributed by atoms with E-state index in [1.165, 1.54) is 10.4 Å². The first-order valence-electron chi connectivity index (χ1n) is 8.20. The number of guanidine groups is 1. The van der Waals surface area contributed by atoms with Crippen molar-refractivity contribution in [1.82, 2.24) is 15.2 Å². The van der Waals surface area contributed by atoms with Crippen LogP contribution in [-0.4, -0.2) is 43.1 Å². The van der Waals surface area contributed by atoms with Gasteiger partial charge in [0.15, 0.2) is 5.96 Å². The van der Waals surface area contributed by atoms with Crippen molar-refractivity contribution in [3.8, 4) is 5.75 Å². The van der Waals surface area contributed by atoms with Crippen LogP contribution < -0.4 is 10.1 Å². The molecule has 128 valence electrons. The highest BCUT2D eigenvalue weighted by Crippen LogP contribution is 2.28. The standard InChI is InChI=1S/C18H24N4OS/c1-13-20-10-17(24-13)11-21-18(19-2)22-9-8-15(12-22)14-4-6-16(23-3)7-5-14/h4-7,10,15H,8-9,11-12H2,1-3H3,(H,19,21). The molecule has 6 heteroatoms. The smallest absolute Gasteiger partial charge is 0.193 e. The number of likely N-dealkylation sites (tertiary alicyclic amines) is 1. The molecule has 1 unspecified atom stereocenters. The van der Waals surface area contributed by atoms with Crippen LogP contribution >= 0.6 is 11.3 Å². The lowest BCUT2D eigenvalue weighted by molar-refractivity contribution is 0.414.